The molecule has 1 aliphatic rings. The summed E-state index contributed by atoms with van der Waals surface area (Å²) < 4.78 is 0. The lowest BCUT2D eigenvalue weighted by Crippen LogP contribution is -2.53. The highest BCUT2D eigenvalue weighted by atomic mass is 16.2. The van der Waals surface area contributed by atoms with Gasteiger partial charge in [0.05, 0.1) is 5.54 Å². The molecule has 0 bridgehead atoms. The molecular formula is C14H20N2O. The van der Waals surface area contributed by atoms with Gasteiger partial charge >= 0.3 is 0 Å². The molecule has 0 heterocycles. The average molecular weight is 232 g/mol. The zero-order valence-electron chi connectivity index (χ0n) is 10.3. The van der Waals surface area contributed by atoms with E-state index in [1.54, 1.807) is 0 Å². The molecule has 1 fully saturated rings. The van der Waals surface area contributed by atoms with Crippen molar-refractivity contribution in [2.45, 2.75) is 31.7 Å². The molecule has 1 atom stereocenters. The van der Waals surface area contributed by atoms with Crippen LogP contribution >= 0.6 is 0 Å². The molecule has 1 amide bonds. The number of nitrogens with one attached hydrogen (secondary N) is 1. The van der Waals surface area contributed by atoms with Crippen molar-refractivity contribution >= 4 is 5.91 Å². The van der Waals surface area contributed by atoms with Crippen molar-refractivity contribution in [3.8, 4) is 0 Å². The van der Waals surface area contributed by atoms with E-state index in [0.717, 1.165) is 19.3 Å². The van der Waals surface area contributed by atoms with Crippen LogP contribution in [0.25, 0.3) is 0 Å². The SMILES string of the molecule is CC(N)(C(=O)NCCc1ccccc1)C1CC1. The van der Waals surface area contributed by atoms with Crippen molar-refractivity contribution in [2.75, 3.05) is 6.54 Å². The third-order valence-electron chi connectivity index (χ3n) is 3.46. The molecule has 0 radical (unpaired) electrons. The fourth-order valence-corrected chi connectivity index (χ4v) is 2.02. The number of benzene rings is 1. The summed E-state index contributed by atoms with van der Waals surface area (Å²) >= 11 is 0. The topological polar surface area (TPSA) is 55.1 Å². The Morgan fingerprint density at radius 3 is 2.65 bits per heavy atom. The Morgan fingerprint density at radius 1 is 1.41 bits per heavy atom. The van der Waals surface area contributed by atoms with Crippen molar-refractivity contribution < 1.29 is 4.79 Å². The smallest absolute Gasteiger partial charge is 0.240 e. The Labute approximate surface area is 102 Å². The van der Waals surface area contributed by atoms with Gasteiger partial charge in [0.15, 0.2) is 0 Å². The second kappa shape index (κ2) is 4.88. The molecule has 3 heteroatoms. The monoisotopic (exact) mass is 232 g/mol. The van der Waals surface area contributed by atoms with Crippen LogP contribution in [0.3, 0.4) is 0 Å². The summed E-state index contributed by atoms with van der Waals surface area (Å²) in [5.41, 5.74) is 6.58. The first-order valence-electron chi connectivity index (χ1n) is 6.22. The third kappa shape index (κ3) is 3.07. The molecule has 1 unspecified atom stereocenters. The fourth-order valence-electron chi connectivity index (χ4n) is 2.02. The largest absolute Gasteiger partial charge is 0.354 e. The Hall–Kier alpha value is -1.35. The minimum atomic E-state index is -0.684. The van der Waals surface area contributed by atoms with Gasteiger partial charge in [-0.15, -0.1) is 0 Å². The van der Waals surface area contributed by atoms with Crippen LogP contribution in [0.2, 0.25) is 0 Å². The van der Waals surface area contributed by atoms with Gasteiger partial charge in [0.2, 0.25) is 5.91 Å². The molecule has 0 spiro atoms. The van der Waals surface area contributed by atoms with E-state index in [-0.39, 0.29) is 5.91 Å². The first-order valence-corrected chi connectivity index (χ1v) is 6.22. The lowest BCUT2D eigenvalue weighted by atomic mass is 9.96. The summed E-state index contributed by atoms with van der Waals surface area (Å²) in [6, 6.07) is 10.1. The van der Waals surface area contributed by atoms with E-state index in [9.17, 15) is 4.79 Å². The van der Waals surface area contributed by atoms with Crippen LogP contribution in [0, 0.1) is 5.92 Å². The Kier molecular flexibility index (Phi) is 3.48. The van der Waals surface area contributed by atoms with Crippen LogP contribution in [0.1, 0.15) is 25.3 Å². The molecule has 0 saturated heterocycles. The number of rotatable bonds is 5. The second-order valence-corrected chi connectivity index (χ2v) is 5.05. The molecule has 1 saturated carbocycles. The maximum Gasteiger partial charge on any atom is 0.240 e. The van der Waals surface area contributed by atoms with Gasteiger partial charge < -0.3 is 11.1 Å². The highest BCUT2D eigenvalue weighted by Crippen LogP contribution is 2.38. The molecule has 0 aromatic heterocycles. The van der Waals surface area contributed by atoms with E-state index < -0.39 is 5.54 Å². The van der Waals surface area contributed by atoms with Gasteiger partial charge in [0.25, 0.3) is 0 Å². The van der Waals surface area contributed by atoms with Gasteiger partial charge in [-0.1, -0.05) is 30.3 Å². The Morgan fingerprint density at radius 2 is 2.06 bits per heavy atom. The van der Waals surface area contributed by atoms with Gasteiger partial charge in [0, 0.05) is 6.54 Å². The van der Waals surface area contributed by atoms with E-state index in [1.807, 2.05) is 25.1 Å². The minimum absolute atomic E-state index is 0.0177. The summed E-state index contributed by atoms with van der Waals surface area (Å²) in [7, 11) is 0. The van der Waals surface area contributed by atoms with Crippen LogP contribution < -0.4 is 11.1 Å². The van der Waals surface area contributed by atoms with E-state index in [0.29, 0.717) is 12.5 Å². The van der Waals surface area contributed by atoms with Crippen LogP contribution in [-0.2, 0) is 11.2 Å². The average Bonchev–Trinajstić information content (AvgIpc) is 3.14. The van der Waals surface area contributed by atoms with Crippen LogP contribution in [0.5, 0.6) is 0 Å². The standard InChI is InChI=1S/C14H20N2O/c1-14(15,12-7-8-12)13(17)16-10-9-11-5-3-2-4-6-11/h2-6,12H,7-10,15H2,1H3,(H,16,17). The normalized spacial score (nSPS) is 18.5. The zero-order chi connectivity index (χ0) is 12.3. The highest BCUT2D eigenvalue weighted by molar-refractivity contribution is 5.86. The summed E-state index contributed by atoms with van der Waals surface area (Å²) in [4.78, 5) is 11.9. The van der Waals surface area contributed by atoms with Crippen molar-refractivity contribution in [3.05, 3.63) is 35.9 Å². The van der Waals surface area contributed by atoms with E-state index in [1.165, 1.54) is 5.56 Å². The summed E-state index contributed by atoms with van der Waals surface area (Å²) in [5.74, 6) is 0.357. The fraction of sp³-hybridized carbons (Fsp3) is 0.500. The summed E-state index contributed by atoms with van der Waals surface area (Å²) in [6.45, 7) is 2.49. The summed E-state index contributed by atoms with van der Waals surface area (Å²) in [5, 5.41) is 2.93. The molecule has 0 aliphatic heterocycles. The number of nitrogens with two attached hydrogens (primary N) is 1. The van der Waals surface area contributed by atoms with Crippen LogP contribution in [-0.4, -0.2) is 18.0 Å². The first kappa shape index (κ1) is 12.1. The molecular weight excluding hydrogens is 212 g/mol. The van der Waals surface area contributed by atoms with E-state index >= 15 is 0 Å². The van der Waals surface area contributed by atoms with E-state index in [4.69, 9.17) is 5.73 Å². The van der Waals surface area contributed by atoms with E-state index in [2.05, 4.69) is 17.4 Å². The number of hydrogen-bond acceptors (Lipinski definition) is 2. The van der Waals surface area contributed by atoms with Crippen LogP contribution in [0.15, 0.2) is 30.3 Å². The highest BCUT2D eigenvalue weighted by Gasteiger charge is 2.43. The predicted octanol–water partition coefficient (Wildman–Crippen LogP) is 1.47. The van der Waals surface area contributed by atoms with Crippen molar-refractivity contribution in [1.29, 1.82) is 0 Å². The van der Waals surface area contributed by atoms with Gasteiger partial charge in [-0.2, -0.15) is 0 Å². The molecule has 1 aromatic rings. The third-order valence-corrected chi connectivity index (χ3v) is 3.46. The Balaban J connectivity index is 1.77. The molecule has 17 heavy (non-hydrogen) atoms. The molecule has 3 nitrogen and oxygen atoms in total. The molecule has 1 aliphatic carbocycles. The molecule has 2 rings (SSSR count). The lowest BCUT2D eigenvalue weighted by molar-refractivity contribution is -0.126. The van der Waals surface area contributed by atoms with Crippen LogP contribution in [0.4, 0.5) is 0 Å². The maximum absolute atomic E-state index is 11.9. The predicted molar refractivity (Wildman–Crippen MR) is 68.5 cm³/mol. The van der Waals surface area contributed by atoms with Crippen molar-refractivity contribution in [1.82, 2.24) is 5.32 Å². The second-order valence-electron chi connectivity index (χ2n) is 5.05. The zero-order valence-corrected chi connectivity index (χ0v) is 10.3. The number of carbonyl (C=O) groups excluding carboxylic acids is 1. The minimum Gasteiger partial charge on any atom is -0.354 e. The van der Waals surface area contributed by atoms with Gasteiger partial charge in [0.1, 0.15) is 0 Å². The lowest BCUT2D eigenvalue weighted by Gasteiger charge is -2.23. The number of hydrogen-bond donors (Lipinski definition) is 2. The first-order chi connectivity index (χ1) is 8.10. The number of carbonyl (C=O) groups is 1. The summed E-state index contributed by atoms with van der Waals surface area (Å²) in [6.07, 6.45) is 3.02. The quantitative estimate of drug-likeness (QED) is 0.807. The van der Waals surface area contributed by atoms with Gasteiger partial charge in [-0.3, -0.25) is 4.79 Å². The van der Waals surface area contributed by atoms with Gasteiger partial charge in [-0.05, 0) is 37.7 Å². The molecule has 1 aromatic carbocycles. The van der Waals surface area contributed by atoms with Gasteiger partial charge in [-0.25, -0.2) is 0 Å². The molecule has 3 N–H and O–H groups in total. The molecule has 92 valence electrons. The van der Waals surface area contributed by atoms with Crippen molar-refractivity contribution in [2.24, 2.45) is 11.7 Å². The Bertz CT molecular complexity index is 382. The number of amides is 1. The van der Waals surface area contributed by atoms with Crippen molar-refractivity contribution in [3.63, 3.8) is 0 Å². The maximum atomic E-state index is 11.9.